The molecule has 0 aliphatic carbocycles. The van der Waals surface area contributed by atoms with Gasteiger partial charge < -0.3 is 5.11 Å². The van der Waals surface area contributed by atoms with Gasteiger partial charge in [-0.05, 0) is 13.0 Å². The van der Waals surface area contributed by atoms with Crippen LogP contribution in [-0.4, -0.2) is 32.3 Å². The lowest BCUT2D eigenvalue weighted by atomic mass is 10.0. The van der Waals surface area contributed by atoms with Gasteiger partial charge in [-0.15, -0.1) is 0 Å². The average molecular weight is 276 g/mol. The van der Waals surface area contributed by atoms with Crippen LogP contribution in [0.25, 0.3) is 0 Å². The Bertz CT molecular complexity index is 599. The van der Waals surface area contributed by atoms with E-state index >= 15 is 0 Å². The van der Waals surface area contributed by atoms with Gasteiger partial charge in [0, 0.05) is 5.56 Å². The molecule has 0 bridgehead atoms. The number of fused-ring (bicyclic) bond motifs is 2. The summed E-state index contributed by atoms with van der Waals surface area (Å²) in [5.41, 5.74) is 1.86. The number of hydrogen-bond donors (Lipinski definition) is 1. The number of amidine groups is 1. The van der Waals surface area contributed by atoms with Crippen LogP contribution in [0.5, 0.6) is 0 Å². The molecule has 6 heteroatoms. The number of benzene rings is 1. The summed E-state index contributed by atoms with van der Waals surface area (Å²) in [6.45, 7) is 1.94. The Morgan fingerprint density at radius 3 is 2.95 bits per heavy atom. The van der Waals surface area contributed by atoms with Gasteiger partial charge in [-0.25, -0.2) is 4.99 Å². The first-order valence-electron chi connectivity index (χ1n) is 5.97. The fourth-order valence-electron chi connectivity index (χ4n) is 2.39. The first-order chi connectivity index (χ1) is 9.08. The SMILES string of the molecule is C[C@@H]1c2ccccc2N=C2S[C@H](CC(=O)O)C(=O)N21. The monoisotopic (exact) mass is 276 g/mol. The summed E-state index contributed by atoms with van der Waals surface area (Å²) in [5.74, 6) is -1.12. The lowest BCUT2D eigenvalue weighted by Gasteiger charge is -2.29. The third-order valence-electron chi connectivity index (χ3n) is 3.32. The van der Waals surface area contributed by atoms with E-state index in [0.29, 0.717) is 5.17 Å². The largest absolute Gasteiger partial charge is 0.481 e. The molecule has 19 heavy (non-hydrogen) atoms. The number of carbonyl (C=O) groups is 2. The van der Waals surface area contributed by atoms with E-state index in [2.05, 4.69) is 4.99 Å². The topological polar surface area (TPSA) is 70.0 Å². The van der Waals surface area contributed by atoms with E-state index in [1.54, 1.807) is 4.90 Å². The van der Waals surface area contributed by atoms with Crippen molar-refractivity contribution in [1.82, 2.24) is 4.90 Å². The summed E-state index contributed by atoms with van der Waals surface area (Å²) >= 11 is 1.24. The Morgan fingerprint density at radius 2 is 2.21 bits per heavy atom. The quantitative estimate of drug-likeness (QED) is 0.898. The third-order valence-corrected chi connectivity index (χ3v) is 4.47. The van der Waals surface area contributed by atoms with E-state index < -0.39 is 11.2 Å². The van der Waals surface area contributed by atoms with Gasteiger partial charge >= 0.3 is 5.97 Å². The molecule has 5 nitrogen and oxygen atoms in total. The first kappa shape index (κ1) is 12.2. The minimum absolute atomic E-state index is 0.0949. The van der Waals surface area contributed by atoms with Crippen LogP contribution < -0.4 is 0 Å². The van der Waals surface area contributed by atoms with Gasteiger partial charge in [0.1, 0.15) is 5.25 Å². The normalized spacial score (nSPS) is 24.8. The standard InChI is InChI=1S/C13H12N2O3S/c1-7-8-4-2-3-5-9(8)14-13-15(7)12(18)10(19-13)6-11(16)17/h2-5,7,10H,6H2,1H3,(H,16,17)/t7-,10-/m1/s1. The first-order valence-corrected chi connectivity index (χ1v) is 6.85. The smallest absolute Gasteiger partial charge is 0.305 e. The van der Waals surface area contributed by atoms with Crippen molar-refractivity contribution in [3.63, 3.8) is 0 Å². The molecule has 0 saturated carbocycles. The second-order valence-electron chi connectivity index (χ2n) is 4.54. The van der Waals surface area contributed by atoms with Crippen LogP contribution in [0.3, 0.4) is 0 Å². The Kier molecular flexibility index (Phi) is 2.82. The Hall–Kier alpha value is -1.82. The van der Waals surface area contributed by atoms with Crippen molar-refractivity contribution >= 4 is 34.5 Å². The maximum Gasteiger partial charge on any atom is 0.305 e. The van der Waals surface area contributed by atoms with Crippen molar-refractivity contribution in [2.45, 2.75) is 24.6 Å². The number of carboxylic acids is 1. The number of aliphatic carboxylic acids is 1. The number of aliphatic imine (C=N–C) groups is 1. The van der Waals surface area contributed by atoms with E-state index in [1.807, 2.05) is 31.2 Å². The van der Waals surface area contributed by atoms with Gasteiger partial charge in [-0.3, -0.25) is 14.5 Å². The number of thioether (sulfide) groups is 1. The van der Waals surface area contributed by atoms with Gasteiger partial charge in [-0.1, -0.05) is 30.0 Å². The number of amides is 1. The van der Waals surface area contributed by atoms with Crippen molar-refractivity contribution in [2.75, 3.05) is 0 Å². The fraction of sp³-hybridized carbons (Fsp3) is 0.308. The fourth-order valence-corrected chi connectivity index (χ4v) is 3.60. The predicted octanol–water partition coefficient (Wildman–Crippen LogP) is 2.17. The van der Waals surface area contributed by atoms with Crippen LogP contribution in [0.2, 0.25) is 0 Å². The molecule has 0 unspecified atom stereocenters. The van der Waals surface area contributed by atoms with Crippen LogP contribution in [0, 0.1) is 0 Å². The molecular formula is C13H12N2O3S. The summed E-state index contributed by atoms with van der Waals surface area (Å²) in [6.07, 6.45) is -0.165. The highest BCUT2D eigenvalue weighted by molar-refractivity contribution is 8.15. The number of carbonyl (C=O) groups excluding carboxylic acids is 1. The number of carboxylic acid groups (broad SMARTS) is 1. The molecule has 0 radical (unpaired) electrons. The molecule has 0 aromatic heterocycles. The molecule has 98 valence electrons. The summed E-state index contributed by atoms with van der Waals surface area (Å²) in [6, 6.07) is 7.58. The maximum atomic E-state index is 12.3. The Balaban J connectivity index is 1.98. The molecule has 3 rings (SSSR count). The summed E-state index contributed by atoms with van der Waals surface area (Å²) < 4.78 is 0. The third kappa shape index (κ3) is 1.92. The zero-order valence-electron chi connectivity index (χ0n) is 10.2. The van der Waals surface area contributed by atoms with Gasteiger partial charge in [0.2, 0.25) is 5.91 Å². The van der Waals surface area contributed by atoms with Gasteiger partial charge in [0.05, 0.1) is 18.2 Å². The van der Waals surface area contributed by atoms with Crippen LogP contribution >= 0.6 is 11.8 Å². The second-order valence-corrected chi connectivity index (χ2v) is 5.71. The molecule has 2 aliphatic heterocycles. The van der Waals surface area contributed by atoms with Crippen LogP contribution in [-0.2, 0) is 9.59 Å². The lowest BCUT2D eigenvalue weighted by Crippen LogP contribution is -2.36. The maximum absolute atomic E-state index is 12.3. The van der Waals surface area contributed by atoms with E-state index in [4.69, 9.17) is 5.11 Å². The summed E-state index contributed by atoms with van der Waals surface area (Å²) in [5, 5.41) is 8.89. The second kappa shape index (κ2) is 4.38. The van der Waals surface area contributed by atoms with Crippen molar-refractivity contribution in [3.8, 4) is 0 Å². The Labute approximate surface area is 114 Å². The van der Waals surface area contributed by atoms with Crippen LogP contribution in [0.15, 0.2) is 29.3 Å². The summed E-state index contributed by atoms with van der Waals surface area (Å²) in [7, 11) is 0. The molecule has 1 aromatic carbocycles. The van der Waals surface area contributed by atoms with Gasteiger partial charge in [0.25, 0.3) is 0 Å². The number of nitrogens with zero attached hydrogens (tertiary/aromatic N) is 2. The predicted molar refractivity (Wildman–Crippen MR) is 72.4 cm³/mol. The van der Waals surface area contributed by atoms with E-state index in [-0.39, 0.29) is 18.4 Å². The molecule has 1 N–H and O–H groups in total. The number of para-hydroxylation sites is 1. The molecule has 0 spiro atoms. The van der Waals surface area contributed by atoms with Crippen molar-refractivity contribution in [2.24, 2.45) is 4.99 Å². The molecule has 1 fully saturated rings. The molecule has 1 aromatic rings. The molecule has 1 saturated heterocycles. The minimum Gasteiger partial charge on any atom is -0.481 e. The van der Waals surface area contributed by atoms with Gasteiger partial charge in [0.15, 0.2) is 5.17 Å². The van der Waals surface area contributed by atoms with Gasteiger partial charge in [-0.2, -0.15) is 0 Å². The molecular weight excluding hydrogens is 264 g/mol. The number of rotatable bonds is 2. The van der Waals surface area contributed by atoms with Crippen molar-refractivity contribution in [1.29, 1.82) is 0 Å². The van der Waals surface area contributed by atoms with Crippen LogP contribution in [0.1, 0.15) is 24.9 Å². The lowest BCUT2D eigenvalue weighted by molar-refractivity contribution is -0.139. The Morgan fingerprint density at radius 1 is 1.47 bits per heavy atom. The zero-order chi connectivity index (χ0) is 13.6. The molecule has 2 atom stereocenters. The molecule has 1 amide bonds. The highest BCUT2D eigenvalue weighted by Crippen LogP contribution is 2.43. The van der Waals surface area contributed by atoms with E-state index in [0.717, 1.165) is 11.3 Å². The minimum atomic E-state index is -0.962. The van der Waals surface area contributed by atoms with Crippen molar-refractivity contribution in [3.05, 3.63) is 29.8 Å². The highest BCUT2D eigenvalue weighted by atomic mass is 32.2. The highest BCUT2D eigenvalue weighted by Gasteiger charge is 2.44. The zero-order valence-corrected chi connectivity index (χ0v) is 11.1. The molecule has 2 heterocycles. The average Bonchev–Trinajstić information content (AvgIpc) is 2.66. The van der Waals surface area contributed by atoms with E-state index in [1.165, 1.54) is 11.8 Å². The number of hydrogen-bond acceptors (Lipinski definition) is 4. The van der Waals surface area contributed by atoms with Crippen LogP contribution in [0.4, 0.5) is 5.69 Å². The molecule has 2 aliphatic rings. The summed E-state index contributed by atoms with van der Waals surface area (Å²) in [4.78, 5) is 29.1. The van der Waals surface area contributed by atoms with E-state index in [9.17, 15) is 9.59 Å². The van der Waals surface area contributed by atoms with Crippen molar-refractivity contribution < 1.29 is 14.7 Å².